The molecule has 0 heterocycles. The van der Waals surface area contributed by atoms with Crippen LogP contribution in [0.15, 0.2) is 48.5 Å². The van der Waals surface area contributed by atoms with Crippen LogP contribution in [0, 0.1) is 0 Å². The standard InChI is InChI=1S/C20H24ClNO3/c1-20(2,3)15-8-4-6-10-17(15)24-13-12-22-19(23)14-25-18-11-7-5-9-16(18)21/h4-11H,12-14H2,1-3H3,(H,22,23). The van der Waals surface area contributed by atoms with Gasteiger partial charge in [0.15, 0.2) is 6.61 Å². The van der Waals surface area contributed by atoms with Gasteiger partial charge in [0.25, 0.3) is 5.91 Å². The molecule has 134 valence electrons. The third-order valence-electron chi connectivity index (χ3n) is 3.57. The molecule has 0 radical (unpaired) electrons. The normalized spacial score (nSPS) is 11.0. The minimum atomic E-state index is -0.215. The Morgan fingerprint density at radius 3 is 2.32 bits per heavy atom. The third-order valence-corrected chi connectivity index (χ3v) is 3.88. The molecule has 0 bridgehead atoms. The van der Waals surface area contributed by atoms with E-state index in [2.05, 4.69) is 32.2 Å². The molecule has 0 fully saturated rings. The van der Waals surface area contributed by atoms with E-state index in [-0.39, 0.29) is 17.9 Å². The molecular formula is C20H24ClNO3. The summed E-state index contributed by atoms with van der Waals surface area (Å²) in [6.45, 7) is 7.14. The number of halogens is 1. The molecular weight excluding hydrogens is 338 g/mol. The Kier molecular flexibility index (Phi) is 6.71. The highest BCUT2D eigenvalue weighted by molar-refractivity contribution is 6.32. The lowest BCUT2D eigenvalue weighted by molar-refractivity contribution is -0.123. The highest BCUT2D eigenvalue weighted by atomic mass is 35.5. The summed E-state index contributed by atoms with van der Waals surface area (Å²) < 4.78 is 11.2. The van der Waals surface area contributed by atoms with Crippen molar-refractivity contribution in [2.75, 3.05) is 19.8 Å². The predicted molar refractivity (Wildman–Crippen MR) is 101 cm³/mol. The fourth-order valence-electron chi connectivity index (χ4n) is 2.32. The number of carbonyl (C=O) groups excluding carboxylic acids is 1. The molecule has 0 saturated carbocycles. The second-order valence-corrected chi connectivity index (χ2v) is 7.07. The summed E-state index contributed by atoms with van der Waals surface area (Å²) in [5.41, 5.74) is 1.14. The van der Waals surface area contributed by atoms with Crippen LogP contribution >= 0.6 is 11.6 Å². The van der Waals surface area contributed by atoms with E-state index in [1.54, 1.807) is 18.2 Å². The average molecular weight is 362 g/mol. The fourth-order valence-corrected chi connectivity index (χ4v) is 2.51. The van der Waals surface area contributed by atoms with E-state index in [9.17, 15) is 4.79 Å². The van der Waals surface area contributed by atoms with Gasteiger partial charge in [0, 0.05) is 0 Å². The highest BCUT2D eigenvalue weighted by Crippen LogP contribution is 2.30. The first-order valence-electron chi connectivity index (χ1n) is 8.24. The first-order chi connectivity index (χ1) is 11.9. The number of carbonyl (C=O) groups is 1. The van der Waals surface area contributed by atoms with Crippen LogP contribution in [-0.2, 0) is 10.2 Å². The Morgan fingerprint density at radius 1 is 1.00 bits per heavy atom. The zero-order valence-electron chi connectivity index (χ0n) is 14.8. The largest absolute Gasteiger partial charge is 0.491 e. The van der Waals surface area contributed by atoms with Crippen molar-refractivity contribution in [1.29, 1.82) is 0 Å². The number of para-hydroxylation sites is 2. The van der Waals surface area contributed by atoms with Crippen molar-refractivity contribution in [3.05, 3.63) is 59.1 Å². The van der Waals surface area contributed by atoms with Crippen LogP contribution < -0.4 is 14.8 Å². The first kappa shape index (κ1) is 19.1. The Labute approximate surface area is 154 Å². The average Bonchev–Trinajstić information content (AvgIpc) is 2.57. The summed E-state index contributed by atoms with van der Waals surface area (Å²) in [5, 5.41) is 3.25. The maximum atomic E-state index is 11.8. The number of amides is 1. The number of hydrogen-bond acceptors (Lipinski definition) is 3. The molecule has 0 saturated heterocycles. The van der Waals surface area contributed by atoms with Crippen molar-refractivity contribution in [2.45, 2.75) is 26.2 Å². The van der Waals surface area contributed by atoms with Crippen molar-refractivity contribution in [1.82, 2.24) is 5.32 Å². The molecule has 0 aliphatic rings. The van der Waals surface area contributed by atoms with Crippen molar-refractivity contribution >= 4 is 17.5 Å². The molecule has 25 heavy (non-hydrogen) atoms. The van der Waals surface area contributed by atoms with Crippen molar-refractivity contribution in [3.63, 3.8) is 0 Å². The van der Waals surface area contributed by atoms with Crippen LogP contribution in [0.2, 0.25) is 5.02 Å². The SMILES string of the molecule is CC(C)(C)c1ccccc1OCCNC(=O)COc1ccccc1Cl. The molecule has 2 rings (SSSR count). The van der Waals surface area contributed by atoms with E-state index < -0.39 is 0 Å². The lowest BCUT2D eigenvalue weighted by atomic mass is 9.86. The summed E-state index contributed by atoms with van der Waals surface area (Å²) in [4.78, 5) is 11.8. The van der Waals surface area contributed by atoms with Crippen LogP contribution in [0.3, 0.4) is 0 Å². The zero-order chi connectivity index (χ0) is 18.3. The van der Waals surface area contributed by atoms with Gasteiger partial charge in [0.1, 0.15) is 18.1 Å². The Bertz CT molecular complexity index is 710. The Hall–Kier alpha value is -2.20. The van der Waals surface area contributed by atoms with E-state index in [0.717, 1.165) is 11.3 Å². The van der Waals surface area contributed by atoms with Crippen molar-refractivity contribution in [3.8, 4) is 11.5 Å². The molecule has 5 heteroatoms. The van der Waals surface area contributed by atoms with Gasteiger partial charge in [-0.05, 0) is 29.2 Å². The minimum absolute atomic E-state index is 0.00261. The quantitative estimate of drug-likeness (QED) is 0.751. The van der Waals surface area contributed by atoms with Crippen LogP contribution in [0.1, 0.15) is 26.3 Å². The predicted octanol–water partition coefficient (Wildman–Crippen LogP) is 4.21. The lowest BCUT2D eigenvalue weighted by Crippen LogP contribution is -2.32. The summed E-state index contributed by atoms with van der Waals surface area (Å²) in [5.74, 6) is 1.12. The molecule has 0 aliphatic carbocycles. The fraction of sp³-hybridized carbons (Fsp3) is 0.350. The monoisotopic (exact) mass is 361 g/mol. The lowest BCUT2D eigenvalue weighted by Gasteiger charge is -2.22. The summed E-state index contributed by atoms with van der Waals surface area (Å²) in [7, 11) is 0. The molecule has 4 nitrogen and oxygen atoms in total. The maximum absolute atomic E-state index is 11.8. The van der Waals surface area contributed by atoms with Crippen LogP contribution in [0.25, 0.3) is 0 Å². The van der Waals surface area contributed by atoms with Gasteiger partial charge in [-0.2, -0.15) is 0 Å². The molecule has 0 unspecified atom stereocenters. The molecule has 1 N–H and O–H groups in total. The number of ether oxygens (including phenoxy) is 2. The maximum Gasteiger partial charge on any atom is 0.258 e. The van der Waals surface area contributed by atoms with Gasteiger partial charge in [0.05, 0.1) is 11.6 Å². The van der Waals surface area contributed by atoms with Gasteiger partial charge in [0.2, 0.25) is 0 Å². The summed E-state index contributed by atoms with van der Waals surface area (Å²) in [6, 6.07) is 15.0. The highest BCUT2D eigenvalue weighted by Gasteiger charge is 2.18. The van der Waals surface area contributed by atoms with Gasteiger partial charge in [-0.1, -0.05) is 62.7 Å². The molecule has 0 atom stereocenters. The van der Waals surface area contributed by atoms with Crippen molar-refractivity contribution in [2.24, 2.45) is 0 Å². The minimum Gasteiger partial charge on any atom is -0.491 e. The van der Waals surface area contributed by atoms with E-state index >= 15 is 0 Å². The molecule has 0 aromatic heterocycles. The molecule has 1 amide bonds. The van der Waals surface area contributed by atoms with Crippen molar-refractivity contribution < 1.29 is 14.3 Å². The van der Waals surface area contributed by atoms with Crippen LogP contribution in [0.5, 0.6) is 11.5 Å². The van der Waals surface area contributed by atoms with E-state index in [0.29, 0.717) is 23.9 Å². The van der Waals surface area contributed by atoms with Gasteiger partial charge in [-0.3, -0.25) is 4.79 Å². The van der Waals surface area contributed by atoms with E-state index in [1.807, 2.05) is 24.3 Å². The van der Waals surface area contributed by atoms with Crippen LogP contribution in [0.4, 0.5) is 0 Å². The number of hydrogen-bond donors (Lipinski definition) is 1. The van der Waals surface area contributed by atoms with E-state index in [4.69, 9.17) is 21.1 Å². The molecule has 2 aromatic carbocycles. The van der Waals surface area contributed by atoms with Crippen LogP contribution in [-0.4, -0.2) is 25.7 Å². The third kappa shape index (κ3) is 5.98. The second-order valence-electron chi connectivity index (χ2n) is 6.66. The number of rotatable bonds is 7. The zero-order valence-corrected chi connectivity index (χ0v) is 15.6. The molecule has 2 aromatic rings. The summed E-state index contributed by atoms with van der Waals surface area (Å²) >= 11 is 5.98. The first-order valence-corrected chi connectivity index (χ1v) is 8.62. The van der Waals surface area contributed by atoms with Gasteiger partial charge < -0.3 is 14.8 Å². The van der Waals surface area contributed by atoms with Gasteiger partial charge in [-0.25, -0.2) is 0 Å². The topological polar surface area (TPSA) is 47.6 Å². The summed E-state index contributed by atoms with van der Waals surface area (Å²) in [6.07, 6.45) is 0. The Balaban J connectivity index is 1.75. The Morgan fingerprint density at radius 2 is 1.64 bits per heavy atom. The van der Waals surface area contributed by atoms with E-state index in [1.165, 1.54) is 0 Å². The van der Waals surface area contributed by atoms with Gasteiger partial charge in [-0.15, -0.1) is 0 Å². The number of nitrogens with one attached hydrogen (secondary N) is 1. The smallest absolute Gasteiger partial charge is 0.258 e. The second kappa shape index (κ2) is 8.77. The molecule has 0 spiro atoms. The number of benzene rings is 2. The molecule has 0 aliphatic heterocycles. The van der Waals surface area contributed by atoms with Gasteiger partial charge >= 0.3 is 0 Å².